The second-order valence-electron chi connectivity index (χ2n) is 9.55. The highest BCUT2D eigenvalue weighted by atomic mass is 16.1. The Morgan fingerprint density at radius 3 is 2.60 bits per heavy atom. The largest absolute Gasteiger partial charge is 0.364 e. The molecule has 1 aromatic carbocycles. The second kappa shape index (κ2) is 8.78. The van der Waals surface area contributed by atoms with Gasteiger partial charge in [-0.3, -0.25) is 24.3 Å². The highest BCUT2D eigenvalue weighted by Crippen LogP contribution is 2.33. The number of nitrogens with zero attached hydrogens (tertiary/aromatic N) is 8. The lowest BCUT2D eigenvalue weighted by Gasteiger charge is -2.47. The van der Waals surface area contributed by atoms with E-state index in [1.807, 2.05) is 13.0 Å². The Bertz CT molecular complexity index is 1510. The van der Waals surface area contributed by atoms with Crippen molar-refractivity contribution in [1.29, 1.82) is 5.26 Å². The molecule has 1 saturated heterocycles. The first kappa shape index (κ1) is 23.0. The first-order chi connectivity index (χ1) is 16.8. The molecule has 1 aliphatic rings. The van der Waals surface area contributed by atoms with Crippen LogP contribution in [0.3, 0.4) is 0 Å². The van der Waals surface area contributed by atoms with E-state index in [1.54, 1.807) is 34.8 Å². The van der Waals surface area contributed by atoms with Crippen LogP contribution in [0.1, 0.15) is 38.1 Å². The number of piperazine rings is 1. The summed E-state index contributed by atoms with van der Waals surface area (Å²) < 4.78 is 3.31. The fraction of sp³-hybridized carbons (Fsp3) is 0.423. The average molecular weight is 471 g/mol. The van der Waals surface area contributed by atoms with Crippen molar-refractivity contribution in [2.24, 2.45) is 7.05 Å². The zero-order chi connectivity index (χ0) is 24.9. The molecule has 0 spiro atoms. The summed E-state index contributed by atoms with van der Waals surface area (Å²) in [6.07, 6.45) is 3.44. The number of aryl methyl sites for hydroxylation is 2. The van der Waals surface area contributed by atoms with Crippen LogP contribution in [0, 0.1) is 18.3 Å². The van der Waals surface area contributed by atoms with Crippen LogP contribution in [0.2, 0.25) is 0 Å². The van der Waals surface area contributed by atoms with Crippen LogP contribution in [0.4, 0.5) is 5.69 Å². The lowest BCUT2D eigenvalue weighted by Crippen LogP contribution is -2.57. The number of hydrogen-bond acceptors (Lipinski definition) is 7. The predicted molar refractivity (Wildman–Crippen MR) is 136 cm³/mol. The summed E-state index contributed by atoms with van der Waals surface area (Å²) in [6.45, 7) is 10.3. The topological polar surface area (TPSA) is 95.9 Å². The summed E-state index contributed by atoms with van der Waals surface area (Å²) in [6, 6.07) is 10.8. The lowest BCUT2D eigenvalue weighted by atomic mass is 9.99. The highest BCUT2D eigenvalue weighted by Gasteiger charge is 2.34. The van der Waals surface area contributed by atoms with Gasteiger partial charge in [-0.15, -0.1) is 0 Å². The van der Waals surface area contributed by atoms with Crippen LogP contribution in [-0.2, 0) is 13.6 Å². The predicted octanol–water partition coefficient (Wildman–Crippen LogP) is 3.17. The third kappa shape index (κ3) is 3.84. The Balaban J connectivity index is 1.48. The Hall–Kier alpha value is -3.77. The summed E-state index contributed by atoms with van der Waals surface area (Å²) in [5.41, 5.74) is 6.18. The van der Waals surface area contributed by atoms with E-state index in [0.717, 1.165) is 46.5 Å². The van der Waals surface area contributed by atoms with E-state index in [-0.39, 0.29) is 30.2 Å². The Morgan fingerprint density at radius 1 is 1.11 bits per heavy atom. The minimum Gasteiger partial charge on any atom is -0.364 e. The van der Waals surface area contributed by atoms with Gasteiger partial charge in [0.25, 0.3) is 5.56 Å². The maximum absolute atomic E-state index is 12.9. The number of benzene rings is 1. The van der Waals surface area contributed by atoms with E-state index in [1.165, 1.54) is 5.56 Å². The highest BCUT2D eigenvalue weighted by molar-refractivity contribution is 5.90. The van der Waals surface area contributed by atoms with Crippen LogP contribution in [0.25, 0.3) is 22.1 Å². The maximum Gasteiger partial charge on any atom is 0.252 e. The zero-order valence-corrected chi connectivity index (χ0v) is 20.8. The van der Waals surface area contributed by atoms with Gasteiger partial charge in [0.1, 0.15) is 12.1 Å². The molecule has 0 bridgehead atoms. The molecule has 3 aromatic heterocycles. The fourth-order valence-electron chi connectivity index (χ4n) is 5.40. The van der Waals surface area contributed by atoms with Gasteiger partial charge in [0.2, 0.25) is 0 Å². The standard InChI is InChI=1S/C26H30N8O/c1-16-15-33(23-13-24(35)31(5)26-19(4)34(11-8-27)30-25(23)26)17(2)14-32(16)18(3)20-6-7-21-22(12-20)29-10-9-28-21/h6-7,9-10,12-13,16-18H,11,14-15H2,1-5H3/t16-,17+,18?/m1/s1. The lowest BCUT2D eigenvalue weighted by molar-refractivity contribution is 0.119. The number of pyridine rings is 1. The van der Waals surface area contributed by atoms with Gasteiger partial charge in [0.15, 0.2) is 0 Å². The molecule has 1 fully saturated rings. The number of aromatic nitrogens is 5. The van der Waals surface area contributed by atoms with Crippen LogP contribution in [-0.4, -0.2) is 54.4 Å². The van der Waals surface area contributed by atoms with Crippen LogP contribution in [0.5, 0.6) is 0 Å². The van der Waals surface area contributed by atoms with Gasteiger partial charge < -0.3 is 9.47 Å². The van der Waals surface area contributed by atoms with E-state index in [4.69, 9.17) is 5.10 Å². The Morgan fingerprint density at radius 2 is 1.86 bits per heavy atom. The summed E-state index contributed by atoms with van der Waals surface area (Å²) in [7, 11) is 1.76. The number of rotatable bonds is 4. The normalized spacial score (nSPS) is 19.8. The number of nitriles is 1. The number of hydrogen-bond donors (Lipinski definition) is 0. The van der Waals surface area contributed by atoms with E-state index in [9.17, 15) is 10.1 Å². The van der Waals surface area contributed by atoms with Crippen molar-refractivity contribution < 1.29 is 0 Å². The van der Waals surface area contributed by atoms with Gasteiger partial charge in [0.05, 0.1) is 34.0 Å². The third-order valence-electron chi connectivity index (χ3n) is 7.38. The van der Waals surface area contributed by atoms with Gasteiger partial charge in [-0.1, -0.05) is 6.07 Å². The van der Waals surface area contributed by atoms with Crippen molar-refractivity contribution in [3.05, 3.63) is 58.3 Å². The first-order valence-electron chi connectivity index (χ1n) is 12.0. The number of fused-ring (bicyclic) bond motifs is 2. The van der Waals surface area contributed by atoms with Crippen molar-refractivity contribution in [2.75, 3.05) is 18.0 Å². The zero-order valence-electron chi connectivity index (χ0n) is 20.8. The smallest absolute Gasteiger partial charge is 0.252 e. The van der Waals surface area contributed by atoms with E-state index in [2.05, 4.69) is 58.7 Å². The SMILES string of the molecule is Cc1c2c(nn1CC#N)c(N1C[C@@H](C)N(C(C)c3ccc4nccnc4c3)C[C@@H]1C)cc(=O)n2C. The first-order valence-corrected chi connectivity index (χ1v) is 12.0. The molecule has 0 radical (unpaired) electrons. The minimum atomic E-state index is -0.0694. The molecule has 3 atom stereocenters. The average Bonchev–Trinajstić information content (AvgIpc) is 3.18. The van der Waals surface area contributed by atoms with Gasteiger partial charge in [-0.2, -0.15) is 10.4 Å². The molecule has 35 heavy (non-hydrogen) atoms. The summed E-state index contributed by atoms with van der Waals surface area (Å²) in [5.74, 6) is 0. The van der Waals surface area contributed by atoms with E-state index in [0.29, 0.717) is 0 Å². The van der Waals surface area contributed by atoms with Crippen LogP contribution >= 0.6 is 0 Å². The molecule has 180 valence electrons. The Labute approximate surface area is 204 Å². The van der Waals surface area contributed by atoms with Crippen molar-refractivity contribution in [2.45, 2.75) is 52.4 Å². The van der Waals surface area contributed by atoms with E-state index >= 15 is 0 Å². The van der Waals surface area contributed by atoms with Crippen molar-refractivity contribution >= 4 is 27.8 Å². The molecule has 0 N–H and O–H groups in total. The van der Waals surface area contributed by atoms with Crippen LogP contribution in [0.15, 0.2) is 41.5 Å². The number of anilines is 1. The fourth-order valence-corrected chi connectivity index (χ4v) is 5.40. The second-order valence-corrected chi connectivity index (χ2v) is 9.55. The van der Waals surface area contributed by atoms with Crippen molar-refractivity contribution in [1.82, 2.24) is 29.2 Å². The van der Waals surface area contributed by atoms with E-state index < -0.39 is 0 Å². The molecule has 5 rings (SSSR count). The molecule has 9 heteroatoms. The molecular weight excluding hydrogens is 440 g/mol. The molecule has 9 nitrogen and oxygen atoms in total. The monoisotopic (exact) mass is 470 g/mol. The molecular formula is C26H30N8O. The Kier molecular flexibility index (Phi) is 5.77. The molecule has 0 amide bonds. The summed E-state index contributed by atoms with van der Waals surface area (Å²) in [5, 5.41) is 14.0. The van der Waals surface area contributed by atoms with Gasteiger partial charge in [-0.05, 0) is 45.4 Å². The van der Waals surface area contributed by atoms with Crippen molar-refractivity contribution in [3.8, 4) is 6.07 Å². The summed E-state index contributed by atoms with van der Waals surface area (Å²) in [4.78, 5) is 26.5. The third-order valence-corrected chi connectivity index (χ3v) is 7.38. The molecule has 0 aliphatic carbocycles. The summed E-state index contributed by atoms with van der Waals surface area (Å²) >= 11 is 0. The van der Waals surface area contributed by atoms with Gasteiger partial charge >= 0.3 is 0 Å². The maximum atomic E-state index is 12.9. The van der Waals surface area contributed by atoms with Crippen LogP contribution < -0.4 is 10.5 Å². The molecule has 4 heterocycles. The quantitative estimate of drug-likeness (QED) is 0.452. The molecule has 1 unspecified atom stereocenters. The van der Waals surface area contributed by atoms with Crippen molar-refractivity contribution in [3.63, 3.8) is 0 Å². The molecule has 4 aromatic rings. The minimum absolute atomic E-state index is 0.0694. The molecule has 1 aliphatic heterocycles. The van der Waals surface area contributed by atoms with Gasteiger partial charge in [0, 0.05) is 56.7 Å². The van der Waals surface area contributed by atoms with Gasteiger partial charge in [-0.25, -0.2) is 0 Å². The molecule has 0 saturated carbocycles.